The van der Waals surface area contributed by atoms with Crippen LogP contribution in [-0.4, -0.2) is 13.4 Å². The Balaban J connectivity index is 0.000000127. The predicted molar refractivity (Wildman–Crippen MR) is 430 cm³/mol. The number of furan rings is 2. The smallest absolute Gasteiger partial charge is 0.260 e. The summed E-state index contributed by atoms with van der Waals surface area (Å²) in [6.07, 6.45) is 0. The Morgan fingerprint density at radius 1 is 0.173 bits per heavy atom. The maximum absolute atomic E-state index is 6.72. The topological polar surface area (TPSA) is 63.2 Å². The van der Waals surface area contributed by atoms with Gasteiger partial charge in [0.2, 0.25) is 0 Å². The zero-order valence-corrected chi connectivity index (χ0v) is 55.8. The molecule has 6 nitrogen and oxygen atoms in total. The van der Waals surface area contributed by atoms with Crippen molar-refractivity contribution in [2.24, 2.45) is 0 Å². The van der Waals surface area contributed by atoms with Crippen LogP contribution in [0.4, 0.5) is 0 Å². The standard InChI is InChI=1S/2C48H27BO3/c1-2-12-29-25-43-37(23-28(29)11-1)36-24-30(21-22-40(36)50-43)46-32-13-3-5-15-34(32)47(35-16-6-4-14-33(35)46)31-26-44-48-45(27-31)52-42-20-10-8-18-39(42)49(48)38-17-7-9-19-41(38)51-44;1-2-11-29-27-45-37(24-28(29)10-1)36-25-30(20-22-40(36)50-45)46-32-12-3-5-14-34(32)47(35-15-6-4-13-33(35)46)31-21-23-42-39(26-31)49-38-16-7-8-17-41(38)51-43-18-9-19-44(52-42)48(43)49/h2*1-27H. The highest BCUT2D eigenvalue weighted by atomic mass is 16.5. The minimum atomic E-state index is 0.00489. The molecule has 18 aromatic carbocycles. The first-order valence-corrected chi connectivity index (χ1v) is 35.5. The summed E-state index contributed by atoms with van der Waals surface area (Å²) in [6.45, 7) is 0.0435. The van der Waals surface area contributed by atoms with Gasteiger partial charge in [-0.2, -0.15) is 0 Å². The van der Waals surface area contributed by atoms with Crippen LogP contribution in [0.1, 0.15) is 0 Å². The molecule has 8 heteroatoms. The second-order valence-corrected chi connectivity index (χ2v) is 27.9. The Bertz CT molecular complexity index is 6970. The van der Waals surface area contributed by atoms with Crippen molar-refractivity contribution >= 4 is 155 Å². The van der Waals surface area contributed by atoms with Gasteiger partial charge in [-0.15, -0.1) is 0 Å². The van der Waals surface area contributed by atoms with Crippen LogP contribution in [0, 0.1) is 0 Å². The van der Waals surface area contributed by atoms with Gasteiger partial charge in [0.05, 0.1) is 0 Å². The van der Waals surface area contributed by atoms with Crippen molar-refractivity contribution in [2.45, 2.75) is 0 Å². The molecule has 0 amide bonds. The lowest BCUT2D eigenvalue weighted by atomic mass is 9.35. The van der Waals surface area contributed by atoms with Crippen molar-refractivity contribution in [3.63, 3.8) is 0 Å². The average molecular weight is 1330 g/mol. The SMILES string of the molecule is c1ccc2c(c1)Oc1cc(-c3c4ccccc4c(-c4ccc5oc6cc7ccccc7cc6c5c4)c4ccccc34)cc3c1B2c1ccccc1O3.c1ccc2c(c1)Oc1cccc3c1B2c1cc(-c2c4ccccc4c(-c4ccc5oc6cc7ccccc7cc6c5c4)c4ccccc24)ccc1O3. The van der Waals surface area contributed by atoms with E-state index in [2.05, 4.69) is 291 Å². The van der Waals surface area contributed by atoms with E-state index < -0.39 is 0 Å². The summed E-state index contributed by atoms with van der Waals surface area (Å²) in [5, 5.41) is 18.9. The summed E-state index contributed by atoms with van der Waals surface area (Å²) in [4.78, 5) is 0. The number of rotatable bonds is 4. The van der Waals surface area contributed by atoms with Crippen molar-refractivity contribution in [3.05, 3.63) is 328 Å². The van der Waals surface area contributed by atoms with Gasteiger partial charge in [-0.25, -0.2) is 0 Å². The highest BCUT2D eigenvalue weighted by molar-refractivity contribution is 6.99. The third-order valence-corrected chi connectivity index (χ3v) is 22.3. The summed E-state index contributed by atoms with van der Waals surface area (Å²) < 4.78 is 39.2. The first-order valence-electron chi connectivity index (χ1n) is 35.5. The van der Waals surface area contributed by atoms with E-state index >= 15 is 0 Å². The summed E-state index contributed by atoms with van der Waals surface area (Å²) in [6, 6.07) is 117. The average Bonchev–Trinajstić information content (AvgIpc) is 0.889. The van der Waals surface area contributed by atoms with Crippen LogP contribution < -0.4 is 51.7 Å². The molecule has 0 saturated carbocycles. The van der Waals surface area contributed by atoms with Gasteiger partial charge in [0.1, 0.15) is 68.3 Å². The van der Waals surface area contributed by atoms with Gasteiger partial charge in [0, 0.05) is 32.5 Å². The number of ether oxygens (including phenoxy) is 4. The van der Waals surface area contributed by atoms with Crippen molar-refractivity contribution in [1.82, 2.24) is 0 Å². The number of benzene rings is 18. The van der Waals surface area contributed by atoms with Gasteiger partial charge >= 0.3 is 0 Å². The number of hydrogen-bond acceptors (Lipinski definition) is 6. The second-order valence-electron chi connectivity index (χ2n) is 27.9. The molecule has 480 valence electrons. The number of hydrogen-bond donors (Lipinski definition) is 0. The highest BCUT2D eigenvalue weighted by Gasteiger charge is 2.42. The first-order chi connectivity index (χ1) is 51.5. The molecule has 24 rings (SSSR count). The van der Waals surface area contributed by atoms with E-state index in [1.54, 1.807) is 0 Å². The zero-order valence-electron chi connectivity index (χ0n) is 55.8. The molecule has 0 spiro atoms. The van der Waals surface area contributed by atoms with Crippen molar-refractivity contribution in [2.75, 3.05) is 0 Å². The Morgan fingerprint density at radius 2 is 0.471 bits per heavy atom. The maximum Gasteiger partial charge on any atom is 0.260 e. The minimum Gasteiger partial charge on any atom is -0.458 e. The quantitative estimate of drug-likeness (QED) is 0.129. The molecule has 20 aromatic rings. The highest BCUT2D eigenvalue weighted by Crippen LogP contribution is 2.50. The predicted octanol–water partition coefficient (Wildman–Crippen LogP) is 22.2. The van der Waals surface area contributed by atoms with Gasteiger partial charge in [-0.3, -0.25) is 0 Å². The molecule has 0 unspecified atom stereocenters. The van der Waals surface area contributed by atoms with E-state index in [1.807, 2.05) is 36.4 Å². The Labute approximate surface area is 596 Å². The van der Waals surface area contributed by atoms with Crippen LogP contribution in [0.2, 0.25) is 0 Å². The molecule has 0 N–H and O–H groups in total. The van der Waals surface area contributed by atoms with Crippen LogP contribution in [0.15, 0.2) is 336 Å². The van der Waals surface area contributed by atoms with Gasteiger partial charge < -0.3 is 27.8 Å². The minimum absolute atomic E-state index is 0.00489. The van der Waals surface area contributed by atoms with Crippen LogP contribution >= 0.6 is 0 Å². The molecule has 0 saturated heterocycles. The zero-order chi connectivity index (χ0) is 67.8. The monoisotopic (exact) mass is 1320 g/mol. The maximum atomic E-state index is 6.72. The van der Waals surface area contributed by atoms with E-state index in [-0.39, 0.29) is 13.4 Å². The third kappa shape index (κ3) is 8.48. The van der Waals surface area contributed by atoms with Gasteiger partial charge in [0.15, 0.2) is 0 Å². The lowest BCUT2D eigenvalue weighted by Crippen LogP contribution is -2.57. The second kappa shape index (κ2) is 22.0. The van der Waals surface area contributed by atoms with Crippen LogP contribution in [-0.2, 0) is 0 Å². The molecular formula is C96H54B2O6. The van der Waals surface area contributed by atoms with E-state index in [1.165, 1.54) is 86.9 Å². The van der Waals surface area contributed by atoms with Gasteiger partial charge in [-0.1, -0.05) is 231 Å². The third-order valence-electron chi connectivity index (χ3n) is 22.3. The van der Waals surface area contributed by atoms with E-state index in [0.29, 0.717) is 0 Å². The van der Waals surface area contributed by atoms with Crippen LogP contribution in [0.25, 0.3) is 153 Å². The molecule has 4 aliphatic heterocycles. The Kier molecular flexibility index (Phi) is 12.1. The Hall–Kier alpha value is -13.6. The molecule has 2 aromatic heterocycles. The van der Waals surface area contributed by atoms with Crippen molar-refractivity contribution in [3.8, 4) is 90.5 Å². The summed E-state index contributed by atoms with van der Waals surface area (Å²) in [5.41, 5.74) is 19.8. The van der Waals surface area contributed by atoms with Gasteiger partial charge in [0.25, 0.3) is 13.4 Å². The lowest BCUT2D eigenvalue weighted by Gasteiger charge is -2.33. The van der Waals surface area contributed by atoms with Crippen molar-refractivity contribution < 1.29 is 27.8 Å². The molecule has 104 heavy (non-hydrogen) atoms. The molecule has 0 atom stereocenters. The Morgan fingerprint density at radius 3 is 0.894 bits per heavy atom. The molecule has 0 radical (unpaired) electrons. The fourth-order valence-corrected chi connectivity index (χ4v) is 17.8. The summed E-state index contributed by atoms with van der Waals surface area (Å²) >= 11 is 0. The molecule has 0 bridgehead atoms. The molecule has 6 heterocycles. The van der Waals surface area contributed by atoms with E-state index in [4.69, 9.17) is 27.8 Å². The van der Waals surface area contributed by atoms with E-state index in [0.717, 1.165) is 145 Å². The normalized spacial score (nSPS) is 12.9. The summed E-state index contributed by atoms with van der Waals surface area (Å²) in [7, 11) is 0. The molecule has 0 fully saturated rings. The van der Waals surface area contributed by atoms with Crippen LogP contribution in [0.5, 0.6) is 46.0 Å². The number of para-hydroxylation sites is 3. The number of fused-ring (bicyclic) bond motifs is 20. The largest absolute Gasteiger partial charge is 0.458 e. The van der Waals surface area contributed by atoms with E-state index in [9.17, 15) is 0 Å². The summed E-state index contributed by atoms with van der Waals surface area (Å²) in [5.74, 6) is 6.95. The lowest BCUT2D eigenvalue weighted by molar-refractivity contribution is 0.464. The molecule has 0 aliphatic carbocycles. The fourth-order valence-electron chi connectivity index (χ4n) is 17.8. The van der Waals surface area contributed by atoms with Crippen LogP contribution in [0.3, 0.4) is 0 Å². The van der Waals surface area contributed by atoms with Gasteiger partial charge in [-0.05, 0) is 228 Å². The molecule has 4 aliphatic rings. The van der Waals surface area contributed by atoms with Crippen molar-refractivity contribution in [1.29, 1.82) is 0 Å². The molecular weight excluding hydrogens is 1270 g/mol. The fraction of sp³-hybridized carbons (Fsp3) is 0. The first kappa shape index (κ1) is 57.2.